The molecule has 0 aliphatic heterocycles. The molecule has 0 aromatic heterocycles. The fraction of sp³-hybridized carbons (Fsp3) is 0.400. The lowest BCUT2D eigenvalue weighted by atomic mass is 10.3. The van der Waals surface area contributed by atoms with Gasteiger partial charge in [-0.25, -0.2) is 0 Å². The topological polar surface area (TPSA) is 67.9 Å². The molecule has 0 amide bonds. The van der Waals surface area contributed by atoms with Gasteiger partial charge in [-0.15, -0.1) is 0 Å². The lowest BCUT2D eigenvalue weighted by Crippen LogP contribution is -2.29. The van der Waals surface area contributed by atoms with Crippen LogP contribution < -0.4 is 14.2 Å². The highest BCUT2D eigenvalue weighted by molar-refractivity contribution is 7.90. The second-order valence-corrected chi connectivity index (χ2v) is 5.87. The summed E-state index contributed by atoms with van der Waals surface area (Å²) >= 11 is 5.94. The first-order valence-corrected chi connectivity index (χ1v) is 6.75. The standard InChI is InChI=1S/C10H15ClN2O4S/c1-13(2)18(14,15)12-8-5-7(11)9(16-3)6-10(8)17-4/h5-6,12H,1-4H3. The van der Waals surface area contributed by atoms with E-state index in [4.69, 9.17) is 21.1 Å². The first-order valence-electron chi connectivity index (χ1n) is 4.93. The van der Waals surface area contributed by atoms with Gasteiger partial charge < -0.3 is 9.47 Å². The Morgan fingerprint density at radius 2 is 1.72 bits per heavy atom. The summed E-state index contributed by atoms with van der Waals surface area (Å²) in [4.78, 5) is 0. The van der Waals surface area contributed by atoms with Crippen molar-refractivity contribution >= 4 is 27.5 Å². The van der Waals surface area contributed by atoms with Crippen molar-refractivity contribution in [2.45, 2.75) is 0 Å². The summed E-state index contributed by atoms with van der Waals surface area (Å²) in [6.07, 6.45) is 0. The van der Waals surface area contributed by atoms with Gasteiger partial charge in [-0.2, -0.15) is 12.7 Å². The van der Waals surface area contributed by atoms with E-state index in [1.807, 2.05) is 0 Å². The zero-order chi connectivity index (χ0) is 13.9. The van der Waals surface area contributed by atoms with Crippen LogP contribution in [-0.4, -0.2) is 41.0 Å². The molecule has 6 nitrogen and oxygen atoms in total. The molecule has 0 spiro atoms. The normalized spacial score (nSPS) is 11.4. The van der Waals surface area contributed by atoms with Gasteiger partial charge >= 0.3 is 10.2 Å². The Kier molecular flexibility index (Phi) is 4.66. The summed E-state index contributed by atoms with van der Waals surface area (Å²) < 4.78 is 37.0. The largest absolute Gasteiger partial charge is 0.495 e. The van der Waals surface area contributed by atoms with E-state index in [9.17, 15) is 8.42 Å². The van der Waals surface area contributed by atoms with Gasteiger partial charge in [-0.05, 0) is 6.07 Å². The number of hydrogen-bond acceptors (Lipinski definition) is 4. The van der Waals surface area contributed by atoms with Crippen LogP contribution >= 0.6 is 11.6 Å². The van der Waals surface area contributed by atoms with Crippen molar-refractivity contribution in [1.82, 2.24) is 4.31 Å². The molecule has 0 aliphatic rings. The molecule has 0 radical (unpaired) electrons. The third-order valence-corrected chi connectivity index (χ3v) is 3.93. The molecule has 0 aliphatic carbocycles. The Morgan fingerprint density at radius 3 is 2.17 bits per heavy atom. The molecule has 102 valence electrons. The molecule has 0 atom stereocenters. The lowest BCUT2D eigenvalue weighted by molar-refractivity contribution is 0.395. The average Bonchev–Trinajstić information content (AvgIpc) is 2.28. The Labute approximate surface area is 112 Å². The van der Waals surface area contributed by atoms with E-state index in [2.05, 4.69) is 4.72 Å². The average molecular weight is 295 g/mol. The number of hydrogen-bond donors (Lipinski definition) is 1. The first-order chi connectivity index (χ1) is 8.31. The minimum Gasteiger partial charge on any atom is -0.495 e. The van der Waals surface area contributed by atoms with Gasteiger partial charge in [0.05, 0.1) is 24.9 Å². The van der Waals surface area contributed by atoms with Crippen molar-refractivity contribution in [1.29, 1.82) is 0 Å². The lowest BCUT2D eigenvalue weighted by Gasteiger charge is -2.16. The Bertz CT molecular complexity index is 531. The molecule has 0 saturated carbocycles. The van der Waals surface area contributed by atoms with E-state index in [-0.39, 0.29) is 10.7 Å². The molecular weight excluding hydrogens is 280 g/mol. The quantitative estimate of drug-likeness (QED) is 0.895. The summed E-state index contributed by atoms with van der Waals surface area (Å²) in [7, 11) is 2.11. The van der Waals surface area contributed by atoms with E-state index >= 15 is 0 Å². The number of methoxy groups -OCH3 is 2. The van der Waals surface area contributed by atoms with Crippen LogP contribution in [0.3, 0.4) is 0 Å². The fourth-order valence-electron chi connectivity index (χ4n) is 1.17. The van der Waals surface area contributed by atoms with Crippen molar-refractivity contribution in [3.63, 3.8) is 0 Å². The second-order valence-electron chi connectivity index (χ2n) is 3.58. The van der Waals surface area contributed by atoms with Crippen LogP contribution in [-0.2, 0) is 10.2 Å². The molecular formula is C10H15ClN2O4S. The van der Waals surface area contributed by atoms with E-state index < -0.39 is 10.2 Å². The maximum Gasteiger partial charge on any atom is 0.301 e. The number of anilines is 1. The maximum atomic E-state index is 11.7. The molecule has 1 rings (SSSR count). The second kappa shape index (κ2) is 5.64. The van der Waals surface area contributed by atoms with E-state index in [1.54, 1.807) is 0 Å². The Balaban J connectivity index is 3.21. The summed E-state index contributed by atoms with van der Waals surface area (Å²) in [5, 5.41) is 0.287. The zero-order valence-electron chi connectivity index (χ0n) is 10.5. The summed E-state index contributed by atoms with van der Waals surface area (Å²) in [5.41, 5.74) is 0.247. The van der Waals surface area contributed by atoms with Gasteiger partial charge in [-0.3, -0.25) is 4.72 Å². The highest BCUT2D eigenvalue weighted by Gasteiger charge is 2.17. The van der Waals surface area contributed by atoms with Crippen molar-refractivity contribution in [3.05, 3.63) is 17.2 Å². The van der Waals surface area contributed by atoms with Crippen LogP contribution in [0.25, 0.3) is 0 Å². The predicted octanol–water partition coefficient (Wildman–Crippen LogP) is 1.58. The minimum absolute atomic E-state index is 0.247. The smallest absolute Gasteiger partial charge is 0.301 e. The van der Waals surface area contributed by atoms with Gasteiger partial charge in [0.1, 0.15) is 11.5 Å². The maximum absolute atomic E-state index is 11.7. The summed E-state index contributed by atoms with van der Waals surface area (Å²) in [6.45, 7) is 0. The van der Waals surface area contributed by atoms with Gasteiger partial charge in [0.15, 0.2) is 0 Å². The molecule has 0 bridgehead atoms. The number of nitrogens with one attached hydrogen (secondary N) is 1. The highest BCUT2D eigenvalue weighted by Crippen LogP contribution is 2.36. The number of ether oxygens (including phenoxy) is 2. The van der Waals surface area contributed by atoms with Crippen molar-refractivity contribution in [2.75, 3.05) is 33.0 Å². The molecule has 0 unspecified atom stereocenters. The van der Waals surface area contributed by atoms with Crippen LogP contribution in [0, 0.1) is 0 Å². The van der Waals surface area contributed by atoms with E-state index in [0.717, 1.165) is 4.31 Å². The van der Waals surface area contributed by atoms with E-state index in [1.165, 1.54) is 40.4 Å². The van der Waals surface area contributed by atoms with Crippen molar-refractivity contribution in [2.24, 2.45) is 0 Å². The third kappa shape index (κ3) is 3.18. The predicted molar refractivity (Wildman–Crippen MR) is 70.8 cm³/mol. The van der Waals surface area contributed by atoms with Gasteiger partial charge in [-0.1, -0.05) is 11.6 Å². The molecule has 1 N–H and O–H groups in total. The van der Waals surface area contributed by atoms with Crippen LogP contribution in [0.1, 0.15) is 0 Å². The van der Waals surface area contributed by atoms with E-state index in [0.29, 0.717) is 11.5 Å². The highest BCUT2D eigenvalue weighted by atomic mass is 35.5. The Hall–Kier alpha value is -1.18. The van der Waals surface area contributed by atoms with Crippen LogP contribution in [0.2, 0.25) is 5.02 Å². The number of nitrogens with zero attached hydrogens (tertiary/aromatic N) is 1. The summed E-state index contributed by atoms with van der Waals surface area (Å²) in [5.74, 6) is 0.725. The fourth-order valence-corrected chi connectivity index (χ4v) is 2.03. The van der Waals surface area contributed by atoms with Crippen LogP contribution in [0.5, 0.6) is 11.5 Å². The van der Waals surface area contributed by atoms with Gasteiger partial charge in [0.25, 0.3) is 0 Å². The molecule has 18 heavy (non-hydrogen) atoms. The van der Waals surface area contributed by atoms with Gasteiger partial charge in [0.2, 0.25) is 0 Å². The van der Waals surface area contributed by atoms with Gasteiger partial charge in [0, 0.05) is 20.2 Å². The molecule has 8 heteroatoms. The first kappa shape index (κ1) is 14.9. The molecule has 1 aromatic rings. The minimum atomic E-state index is -3.62. The Morgan fingerprint density at radius 1 is 1.17 bits per heavy atom. The molecule has 0 heterocycles. The number of halogens is 1. The van der Waals surface area contributed by atoms with Crippen molar-refractivity contribution in [3.8, 4) is 11.5 Å². The van der Waals surface area contributed by atoms with Crippen molar-refractivity contribution < 1.29 is 17.9 Å². The van der Waals surface area contributed by atoms with Crippen LogP contribution in [0.15, 0.2) is 12.1 Å². The molecule has 0 fully saturated rings. The van der Waals surface area contributed by atoms with Crippen LogP contribution in [0.4, 0.5) is 5.69 Å². The third-order valence-electron chi connectivity index (χ3n) is 2.19. The SMILES string of the molecule is COc1cc(OC)c(NS(=O)(=O)N(C)C)cc1Cl. The summed E-state index contributed by atoms with van der Waals surface area (Å²) in [6, 6.07) is 2.94. The monoisotopic (exact) mass is 294 g/mol. The molecule has 1 aromatic carbocycles. The number of rotatable bonds is 5. The number of benzene rings is 1. The molecule has 0 saturated heterocycles. The zero-order valence-corrected chi connectivity index (χ0v) is 12.1.